The van der Waals surface area contributed by atoms with Crippen LogP contribution in [0.2, 0.25) is 0 Å². The van der Waals surface area contributed by atoms with Crippen LogP contribution >= 0.6 is 0 Å². The number of furan rings is 1. The Bertz CT molecular complexity index is 516. The zero-order valence-corrected chi connectivity index (χ0v) is 10.9. The fourth-order valence-corrected chi connectivity index (χ4v) is 1.50. The van der Waals surface area contributed by atoms with Crippen LogP contribution in [-0.2, 0) is 0 Å². The SMILES string of the molecule is Cc1ccc(-c2ccc(NC(C)(C)CN)nn2)o1. The normalized spacial score (nSPS) is 11.6. The van der Waals surface area contributed by atoms with Crippen molar-refractivity contribution in [1.82, 2.24) is 10.2 Å². The second kappa shape index (κ2) is 4.78. The van der Waals surface area contributed by atoms with Crippen LogP contribution < -0.4 is 11.1 Å². The van der Waals surface area contributed by atoms with Gasteiger partial charge < -0.3 is 15.5 Å². The molecule has 3 N–H and O–H groups in total. The van der Waals surface area contributed by atoms with Crippen molar-refractivity contribution in [2.45, 2.75) is 26.3 Å². The summed E-state index contributed by atoms with van der Waals surface area (Å²) in [6.45, 7) is 6.45. The van der Waals surface area contributed by atoms with E-state index in [1.54, 1.807) is 0 Å². The zero-order chi connectivity index (χ0) is 13.2. The van der Waals surface area contributed by atoms with Gasteiger partial charge >= 0.3 is 0 Å². The van der Waals surface area contributed by atoms with Crippen molar-refractivity contribution in [2.75, 3.05) is 11.9 Å². The second-order valence-electron chi connectivity index (χ2n) is 4.93. The lowest BCUT2D eigenvalue weighted by molar-refractivity contribution is 0.545. The van der Waals surface area contributed by atoms with Gasteiger partial charge in [-0.15, -0.1) is 10.2 Å². The monoisotopic (exact) mass is 246 g/mol. The van der Waals surface area contributed by atoms with Crippen LogP contribution in [0.15, 0.2) is 28.7 Å². The fraction of sp³-hybridized carbons (Fsp3) is 0.385. The Morgan fingerprint density at radius 1 is 1.22 bits per heavy atom. The molecule has 0 saturated carbocycles. The first kappa shape index (κ1) is 12.6. The highest BCUT2D eigenvalue weighted by Gasteiger charge is 2.15. The summed E-state index contributed by atoms with van der Waals surface area (Å²) in [6.07, 6.45) is 0. The molecule has 0 aliphatic rings. The van der Waals surface area contributed by atoms with E-state index in [1.165, 1.54) is 0 Å². The van der Waals surface area contributed by atoms with Gasteiger partial charge in [0.25, 0.3) is 0 Å². The summed E-state index contributed by atoms with van der Waals surface area (Å²) in [5.41, 5.74) is 6.18. The molecule has 0 aliphatic heterocycles. The Morgan fingerprint density at radius 3 is 2.50 bits per heavy atom. The van der Waals surface area contributed by atoms with E-state index in [0.29, 0.717) is 12.4 Å². The lowest BCUT2D eigenvalue weighted by Gasteiger charge is -2.24. The summed E-state index contributed by atoms with van der Waals surface area (Å²) in [5, 5.41) is 11.5. The number of hydrogen-bond donors (Lipinski definition) is 2. The maximum absolute atomic E-state index is 5.65. The van der Waals surface area contributed by atoms with E-state index in [9.17, 15) is 0 Å². The zero-order valence-electron chi connectivity index (χ0n) is 10.9. The molecule has 0 bridgehead atoms. The van der Waals surface area contributed by atoms with E-state index in [1.807, 2.05) is 45.0 Å². The molecule has 2 heterocycles. The molecule has 5 nitrogen and oxygen atoms in total. The quantitative estimate of drug-likeness (QED) is 0.864. The molecule has 96 valence electrons. The minimum absolute atomic E-state index is 0.197. The maximum atomic E-state index is 5.65. The number of nitrogens with two attached hydrogens (primary N) is 1. The third-order valence-electron chi connectivity index (χ3n) is 2.63. The van der Waals surface area contributed by atoms with Crippen molar-refractivity contribution in [1.29, 1.82) is 0 Å². The van der Waals surface area contributed by atoms with Crippen molar-refractivity contribution in [3.63, 3.8) is 0 Å². The van der Waals surface area contributed by atoms with Crippen LogP contribution in [0.5, 0.6) is 0 Å². The van der Waals surface area contributed by atoms with Gasteiger partial charge in [-0.3, -0.25) is 0 Å². The fourth-order valence-electron chi connectivity index (χ4n) is 1.50. The molecule has 18 heavy (non-hydrogen) atoms. The Balaban J connectivity index is 2.15. The van der Waals surface area contributed by atoms with Gasteiger partial charge in [-0.05, 0) is 45.0 Å². The van der Waals surface area contributed by atoms with Gasteiger partial charge in [0.15, 0.2) is 5.76 Å². The van der Waals surface area contributed by atoms with Crippen LogP contribution in [0.1, 0.15) is 19.6 Å². The van der Waals surface area contributed by atoms with Gasteiger partial charge in [0.05, 0.1) is 0 Å². The summed E-state index contributed by atoms with van der Waals surface area (Å²) < 4.78 is 5.49. The number of anilines is 1. The largest absolute Gasteiger partial charge is 0.460 e. The van der Waals surface area contributed by atoms with Gasteiger partial charge in [-0.1, -0.05) is 0 Å². The Labute approximate surface area is 106 Å². The first-order valence-corrected chi connectivity index (χ1v) is 5.89. The molecule has 0 aliphatic carbocycles. The molecule has 2 rings (SSSR count). The highest BCUT2D eigenvalue weighted by atomic mass is 16.3. The Kier molecular flexibility index (Phi) is 3.34. The molecular weight excluding hydrogens is 228 g/mol. The third kappa shape index (κ3) is 2.87. The van der Waals surface area contributed by atoms with Crippen molar-refractivity contribution < 1.29 is 4.42 Å². The van der Waals surface area contributed by atoms with Crippen LogP contribution in [0.25, 0.3) is 11.5 Å². The standard InChI is InChI=1S/C13H18N4O/c1-9-4-6-11(18-9)10-5-7-12(17-16-10)15-13(2,3)8-14/h4-7H,8,14H2,1-3H3,(H,15,17). The molecule has 0 unspecified atom stereocenters. The maximum Gasteiger partial charge on any atom is 0.154 e. The molecule has 0 atom stereocenters. The lowest BCUT2D eigenvalue weighted by Crippen LogP contribution is -2.39. The summed E-state index contributed by atoms with van der Waals surface area (Å²) in [6, 6.07) is 7.54. The van der Waals surface area contributed by atoms with Gasteiger partial charge in [-0.2, -0.15) is 0 Å². The van der Waals surface area contributed by atoms with Crippen molar-refractivity contribution >= 4 is 5.82 Å². The molecule has 0 saturated heterocycles. The highest BCUT2D eigenvalue weighted by Crippen LogP contribution is 2.20. The Hall–Kier alpha value is -1.88. The molecule has 5 heteroatoms. The molecule has 2 aromatic rings. The van der Waals surface area contributed by atoms with E-state index < -0.39 is 0 Å². The molecule has 0 aromatic carbocycles. The molecule has 0 radical (unpaired) electrons. The smallest absolute Gasteiger partial charge is 0.154 e. The number of nitrogens with one attached hydrogen (secondary N) is 1. The molecule has 2 aromatic heterocycles. The van der Waals surface area contributed by atoms with Crippen molar-refractivity contribution in [3.8, 4) is 11.5 Å². The van der Waals surface area contributed by atoms with E-state index in [2.05, 4.69) is 15.5 Å². The second-order valence-corrected chi connectivity index (χ2v) is 4.93. The average molecular weight is 246 g/mol. The minimum Gasteiger partial charge on any atom is -0.460 e. The molecule has 0 fully saturated rings. The minimum atomic E-state index is -0.197. The summed E-state index contributed by atoms with van der Waals surface area (Å²) in [5.74, 6) is 2.29. The predicted molar refractivity (Wildman–Crippen MR) is 71.2 cm³/mol. The van der Waals surface area contributed by atoms with Gasteiger partial charge in [0.2, 0.25) is 0 Å². The topological polar surface area (TPSA) is 77.0 Å². The van der Waals surface area contributed by atoms with Crippen LogP contribution in [-0.4, -0.2) is 22.3 Å². The number of hydrogen-bond acceptors (Lipinski definition) is 5. The Morgan fingerprint density at radius 2 is 2.00 bits per heavy atom. The number of rotatable bonds is 4. The van der Waals surface area contributed by atoms with Crippen LogP contribution in [0.4, 0.5) is 5.82 Å². The lowest BCUT2D eigenvalue weighted by atomic mass is 10.1. The number of nitrogens with zero attached hydrogens (tertiary/aromatic N) is 2. The molecule has 0 amide bonds. The van der Waals surface area contributed by atoms with Crippen LogP contribution in [0.3, 0.4) is 0 Å². The van der Waals surface area contributed by atoms with E-state index in [4.69, 9.17) is 10.2 Å². The number of aromatic nitrogens is 2. The highest BCUT2D eigenvalue weighted by molar-refractivity contribution is 5.53. The van der Waals surface area contributed by atoms with E-state index in [-0.39, 0.29) is 5.54 Å². The van der Waals surface area contributed by atoms with Gasteiger partial charge in [0.1, 0.15) is 17.3 Å². The van der Waals surface area contributed by atoms with Crippen molar-refractivity contribution in [2.24, 2.45) is 5.73 Å². The van der Waals surface area contributed by atoms with E-state index in [0.717, 1.165) is 17.2 Å². The molecular formula is C13H18N4O. The van der Waals surface area contributed by atoms with Crippen molar-refractivity contribution in [3.05, 3.63) is 30.0 Å². The molecule has 0 spiro atoms. The van der Waals surface area contributed by atoms with E-state index >= 15 is 0 Å². The summed E-state index contributed by atoms with van der Waals surface area (Å²) in [7, 11) is 0. The average Bonchev–Trinajstić information content (AvgIpc) is 2.76. The first-order valence-electron chi connectivity index (χ1n) is 5.89. The summed E-state index contributed by atoms with van der Waals surface area (Å²) >= 11 is 0. The third-order valence-corrected chi connectivity index (χ3v) is 2.63. The van der Waals surface area contributed by atoms with Crippen LogP contribution in [0, 0.1) is 6.92 Å². The van der Waals surface area contributed by atoms with Gasteiger partial charge in [0, 0.05) is 12.1 Å². The first-order chi connectivity index (χ1) is 8.50. The number of aryl methyl sites for hydroxylation is 1. The predicted octanol–water partition coefficient (Wildman–Crippen LogP) is 2.19. The summed E-state index contributed by atoms with van der Waals surface area (Å²) in [4.78, 5) is 0. The van der Waals surface area contributed by atoms with Gasteiger partial charge in [-0.25, -0.2) is 0 Å².